The van der Waals surface area contributed by atoms with Crippen LogP contribution in [0.1, 0.15) is 10.4 Å². The molecule has 1 N–H and O–H groups in total. The van der Waals surface area contributed by atoms with E-state index in [4.69, 9.17) is 0 Å². The quantitative estimate of drug-likeness (QED) is 0.812. The van der Waals surface area contributed by atoms with Crippen LogP contribution in [-0.2, 0) is 33.5 Å². The molecule has 9 heteroatoms. The Balaban J connectivity index is 1.91. The molecule has 2 aromatic rings. The third-order valence-corrected chi connectivity index (χ3v) is 5.93. The van der Waals surface area contributed by atoms with Gasteiger partial charge in [0, 0.05) is 18.0 Å². The molecule has 3 rings (SSSR count). The van der Waals surface area contributed by atoms with Gasteiger partial charge in [-0.05, 0) is 12.0 Å². The fraction of sp³-hybridized carbons (Fsp3) is 0.417. The van der Waals surface area contributed by atoms with Crippen LogP contribution in [0.4, 0.5) is 0 Å². The topological polar surface area (TPSA) is 92.4 Å². The maximum absolute atomic E-state index is 12.2. The summed E-state index contributed by atoms with van der Waals surface area (Å²) in [5, 5.41) is 0.567. The molecule has 3 heterocycles. The van der Waals surface area contributed by atoms with E-state index in [2.05, 4.69) is 14.7 Å². The number of thiophene rings is 1. The molecule has 0 fully saturated rings. The van der Waals surface area contributed by atoms with Gasteiger partial charge in [0.15, 0.2) is 0 Å². The van der Waals surface area contributed by atoms with Gasteiger partial charge in [0.05, 0.1) is 18.8 Å². The molecule has 0 aromatic carbocycles. The van der Waals surface area contributed by atoms with E-state index in [1.54, 1.807) is 4.31 Å². The molecule has 0 saturated heterocycles. The van der Waals surface area contributed by atoms with E-state index < -0.39 is 17.0 Å². The first-order chi connectivity index (χ1) is 10.1. The number of rotatable bonds is 3. The molecular formula is C12H13N3O4S2. The Hall–Kier alpha value is -1.58. The molecule has 0 saturated carbocycles. The third kappa shape index (κ3) is 2.63. The maximum atomic E-state index is 12.2. The van der Waals surface area contributed by atoms with Crippen molar-refractivity contribution < 1.29 is 13.7 Å². The second kappa shape index (κ2) is 5.66. The number of nitrogens with one attached hydrogen (secondary N) is 1. The van der Waals surface area contributed by atoms with Crippen molar-refractivity contribution in [1.29, 1.82) is 0 Å². The van der Waals surface area contributed by atoms with Crippen molar-refractivity contribution in [2.75, 3.05) is 19.4 Å². The molecular weight excluding hydrogens is 314 g/mol. The van der Waals surface area contributed by atoms with Crippen LogP contribution >= 0.6 is 11.3 Å². The van der Waals surface area contributed by atoms with Crippen LogP contribution in [0.15, 0.2) is 11.1 Å². The molecule has 1 atom stereocenters. The molecule has 7 nitrogen and oxygen atoms in total. The summed E-state index contributed by atoms with van der Waals surface area (Å²) in [6, 6.07) is 0. The van der Waals surface area contributed by atoms with Gasteiger partial charge in [0.1, 0.15) is 21.6 Å². The van der Waals surface area contributed by atoms with Crippen molar-refractivity contribution in [3.8, 4) is 0 Å². The van der Waals surface area contributed by atoms with Crippen LogP contribution in [0.5, 0.6) is 0 Å². The summed E-state index contributed by atoms with van der Waals surface area (Å²) in [4.78, 5) is 31.7. The SMILES string of the molecule is COC(=O)CS(=O)N1CCc2sc3nc[nH]c(=O)c3c2C1. The van der Waals surface area contributed by atoms with Crippen molar-refractivity contribution >= 4 is 38.5 Å². The smallest absolute Gasteiger partial charge is 0.319 e. The lowest BCUT2D eigenvalue weighted by atomic mass is 10.1. The highest BCUT2D eigenvalue weighted by Crippen LogP contribution is 2.32. The van der Waals surface area contributed by atoms with E-state index in [0.29, 0.717) is 29.7 Å². The van der Waals surface area contributed by atoms with Gasteiger partial charge in [-0.3, -0.25) is 9.59 Å². The number of hydrogen-bond acceptors (Lipinski definition) is 6. The normalized spacial score (nSPS) is 16.6. The number of ether oxygens (including phenoxy) is 1. The number of aromatic nitrogens is 2. The van der Waals surface area contributed by atoms with Crippen LogP contribution in [0.3, 0.4) is 0 Å². The summed E-state index contributed by atoms with van der Waals surface area (Å²) in [5.74, 6) is -0.670. The Morgan fingerprint density at radius 2 is 2.43 bits per heavy atom. The van der Waals surface area contributed by atoms with E-state index in [9.17, 15) is 13.8 Å². The number of carbonyl (C=O) groups is 1. The second-order valence-corrected chi connectivity index (χ2v) is 7.10. The third-order valence-electron chi connectivity index (χ3n) is 3.36. The highest BCUT2D eigenvalue weighted by molar-refractivity contribution is 7.83. The number of methoxy groups -OCH3 is 1. The number of carbonyl (C=O) groups excluding carboxylic acids is 1. The summed E-state index contributed by atoms with van der Waals surface area (Å²) in [6.45, 7) is 0.967. The van der Waals surface area contributed by atoms with E-state index in [1.807, 2.05) is 0 Å². The Bertz CT molecular complexity index is 782. The van der Waals surface area contributed by atoms with Gasteiger partial charge in [-0.25, -0.2) is 13.5 Å². The molecule has 1 aliphatic heterocycles. The zero-order valence-electron chi connectivity index (χ0n) is 11.2. The fourth-order valence-corrected chi connectivity index (χ4v) is 4.53. The first-order valence-corrected chi connectivity index (χ1v) is 8.37. The number of esters is 1. The Kier molecular flexibility index (Phi) is 3.87. The summed E-state index contributed by atoms with van der Waals surface area (Å²) >= 11 is 1.50. The molecule has 1 aliphatic rings. The van der Waals surface area contributed by atoms with Gasteiger partial charge in [0.25, 0.3) is 5.56 Å². The van der Waals surface area contributed by atoms with Gasteiger partial charge < -0.3 is 9.72 Å². The summed E-state index contributed by atoms with van der Waals surface area (Å²) in [6.07, 6.45) is 2.09. The van der Waals surface area contributed by atoms with Crippen molar-refractivity contribution in [2.24, 2.45) is 0 Å². The molecule has 112 valence electrons. The van der Waals surface area contributed by atoms with Gasteiger partial charge in [-0.1, -0.05) is 0 Å². The maximum Gasteiger partial charge on any atom is 0.319 e. The molecule has 0 spiro atoms. The summed E-state index contributed by atoms with van der Waals surface area (Å²) in [5.41, 5.74) is 0.687. The lowest BCUT2D eigenvalue weighted by Gasteiger charge is -2.25. The summed E-state index contributed by atoms with van der Waals surface area (Å²) < 4.78 is 18.4. The Labute approximate surface area is 126 Å². The monoisotopic (exact) mass is 327 g/mol. The van der Waals surface area contributed by atoms with Crippen molar-refractivity contribution in [3.63, 3.8) is 0 Å². The van der Waals surface area contributed by atoms with Crippen molar-refractivity contribution in [2.45, 2.75) is 13.0 Å². The van der Waals surface area contributed by atoms with Crippen molar-refractivity contribution in [3.05, 3.63) is 27.1 Å². The highest BCUT2D eigenvalue weighted by Gasteiger charge is 2.27. The number of H-pyrrole nitrogens is 1. The van der Waals surface area contributed by atoms with Crippen LogP contribution in [0, 0.1) is 0 Å². The highest BCUT2D eigenvalue weighted by atomic mass is 32.2. The van der Waals surface area contributed by atoms with E-state index in [0.717, 1.165) is 10.4 Å². The second-order valence-electron chi connectivity index (χ2n) is 4.57. The van der Waals surface area contributed by atoms with Crippen LogP contribution in [0.2, 0.25) is 0 Å². The molecule has 0 radical (unpaired) electrons. The van der Waals surface area contributed by atoms with Gasteiger partial charge in [-0.15, -0.1) is 11.3 Å². The molecule has 0 aliphatic carbocycles. The van der Waals surface area contributed by atoms with Gasteiger partial charge in [0.2, 0.25) is 0 Å². The van der Waals surface area contributed by atoms with Crippen LogP contribution in [0.25, 0.3) is 10.2 Å². The van der Waals surface area contributed by atoms with Crippen molar-refractivity contribution in [1.82, 2.24) is 14.3 Å². The van der Waals surface area contributed by atoms with E-state index >= 15 is 0 Å². The summed E-state index contributed by atoms with van der Waals surface area (Å²) in [7, 11) is -0.177. The number of nitrogens with zero attached hydrogens (tertiary/aromatic N) is 2. The fourth-order valence-electron chi connectivity index (χ4n) is 2.32. The number of hydrogen-bond donors (Lipinski definition) is 1. The predicted molar refractivity (Wildman–Crippen MR) is 79.4 cm³/mol. The van der Waals surface area contributed by atoms with E-state index in [-0.39, 0.29) is 11.3 Å². The molecule has 0 bridgehead atoms. The van der Waals surface area contributed by atoms with Crippen LogP contribution in [-0.4, -0.2) is 43.9 Å². The molecule has 1 unspecified atom stereocenters. The van der Waals surface area contributed by atoms with Gasteiger partial charge in [-0.2, -0.15) is 0 Å². The number of fused-ring (bicyclic) bond motifs is 3. The lowest BCUT2D eigenvalue weighted by Crippen LogP contribution is -2.35. The standard InChI is InChI=1S/C12H13N3O4S2/c1-19-9(16)5-21(18)15-3-2-8-7(4-15)10-11(17)13-6-14-12(10)20-8/h6H,2-5H2,1H3,(H,13,14,17). The predicted octanol–water partition coefficient (Wildman–Crippen LogP) is 0.179. The Morgan fingerprint density at radius 1 is 1.62 bits per heavy atom. The Morgan fingerprint density at radius 3 is 3.19 bits per heavy atom. The minimum atomic E-state index is -1.45. The van der Waals surface area contributed by atoms with E-state index in [1.165, 1.54) is 24.8 Å². The number of aromatic amines is 1. The molecule has 2 aromatic heterocycles. The molecule has 0 amide bonds. The minimum absolute atomic E-state index is 0.164. The zero-order chi connectivity index (χ0) is 15.0. The average Bonchev–Trinajstić information content (AvgIpc) is 2.85. The largest absolute Gasteiger partial charge is 0.468 e. The first kappa shape index (κ1) is 14.4. The lowest BCUT2D eigenvalue weighted by molar-refractivity contribution is -0.137. The average molecular weight is 327 g/mol. The van der Waals surface area contributed by atoms with Crippen LogP contribution < -0.4 is 5.56 Å². The molecule has 21 heavy (non-hydrogen) atoms. The minimum Gasteiger partial charge on any atom is -0.468 e. The van der Waals surface area contributed by atoms with Gasteiger partial charge >= 0.3 is 5.97 Å². The first-order valence-electron chi connectivity index (χ1n) is 6.28. The zero-order valence-corrected chi connectivity index (χ0v) is 12.9.